The highest BCUT2D eigenvalue weighted by molar-refractivity contribution is 7.92. The van der Waals surface area contributed by atoms with Gasteiger partial charge < -0.3 is 4.42 Å². The first kappa shape index (κ1) is 18.0. The monoisotopic (exact) mass is 391 g/mol. The maximum absolute atomic E-state index is 12.8. The number of rotatable bonds is 3. The number of nitrogens with zero attached hydrogens (tertiary/aromatic N) is 2. The van der Waals surface area contributed by atoms with Crippen LogP contribution in [0.2, 0.25) is 5.02 Å². The standard InChI is InChI=1S/C17H14ClN3O4S/c1-9-4-10(2)11(8-19)13(5-9)20-26(23,24)16-7-15-14(6-12(16)18)21(3)17(22)25-15/h4-7,20H,1-3H3. The topological polar surface area (TPSA) is 105 Å². The number of hydrogen-bond acceptors (Lipinski definition) is 5. The Morgan fingerprint density at radius 3 is 2.58 bits per heavy atom. The van der Waals surface area contributed by atoms with Crippen LogP contribution in [-0.4, -0.2) is 13.0 Å². The summed E-state index contributed by atoms with van der Waals surface area (Å²) in [7, 11) is -2.62. The van der Waals surface area contributed by atoms with Crippen molar-refractivity contribution in [3.63, 3.8) is 0 Å². The van der Waals surface area contributed by atoms with Gasteiger partial charge in [-0.15, -0.1) is 0 Å². The van der Waals surface area contributed by atoms with Crippen LogP contribution in [-0.2, 0) is 17.1 Å². The molecule has 26 heavy (non-hydrogen) atoms. The molecular weight excluding hydrogens is 378 g/mol. The van der Waals surface area contributed by atoms with Crippen LogP contribution in [0.4, 0.5) is 5.69 Å². The van der Waals surface area contributed by atoms with E-state index in [2.05, 4.69) is 4.72 Å². The second-order valence-electron chi connectivity index (χ2n) is 5.90. The number of anilines is 1. The maximum atomic E-state index is 12.8. The van der Waals surface area contributed by atoms with Crippen molar-refractivity contribution in [3.8, 4) is 6.07 Å². The zero-order chi connectivity index (χ0) is 19.2. The molecule has 134 valence electrons. The predicted molar refractivity (Wildman–Crippen MR) is 97.9 cm³/mol. The summed E-state index contributed by atoms with van der Waals surface area (Å²) in [4.78, 5) is 11.4. The van der Waals surface area contributed by atoms with Gasteiger partial charge in [-0.2, -0.15) is 5.26 Å². The molecule has 0 aliphatic heterocycles. The number of oxazole rings is 1. The van der Waals surface area contributed by atoms with Gasteiger partial charge in [-0.05, 0) is 37.1 Å². The Balaban J connectivity index is 2.16. The summed E-state index contributed by atoms with van der Waals surface area (Å²) in [6.45, 7) is 3.52. The maximum Gasteiger partial charge on any atom is 0.419 e. The number of benzene rings is 2. The Morgan fingerprint density at radius 2 is 1.92 bits per heavy atom. The van der Waals surface area contributed by atoms with E-state index in [1.165, 1.54) is 23.7 Å². The second-order valence-corrected chi connectivity index (χ2v) is 7.96. The molecule has 0 amide bonds. The summed E-state index contributed by atoms with van der Waals surface area (Å²) in [5.41, 5.74) is 2.32. The molecule has 9 heteroatoms. The lowest BCUT2D eigenvalue weighted by molar-refractivity contribution is 0.527. The smallest absolute Gasteiger partial charge is 0.408 e. The average Bonchev–Trinajstić information content (AvgIpc) is 2.80. The molecule has 3 aromatic rings. The van der Waals surface area contributed by atoms with Crippen molar-refractivity contribution in [1.82, 2.24) is 4.57 Å². The Kier molecular flexibility index (Phi) is 4.30. The predicted octanol–water partition coefficient (Wildman–Crippen LogP) is 3.07. The molecular formula is C17H14ClN3O4S. The van der Waals surface area contributed by atoms with Gasteiger partial charge in [0.15, 0.2) is 5.58 Å². The van der Waals surface area contributed by atoms with E-state index in [1.54, 1.807) is 26.0 Å². The fourth-order valence-electron chi connectivity index (χ4n) is 2.73. The zero-order valence-corrected chi connectivity index (χ0v) is 15.7. The molecule has 3 rings (SSSR count). The van der Waals surface area contributed by atoms with Gasteiger partial charge in [0, 0.05) is 13.1 Å². The lowest BCUT2D eigenvalue weighted by Crippen LogP contribution is -2.15. The molecule has 1 N–H and O–H groups in total. The number of fused-ring (bicyclic) bond motifs is 1. The van der Waals surface area contributed by atoms with Crippen LogP contribution < -0.4 is 10.5 Å². The number of sulfonamides is 1. The van der Waals surface area contributed by atoms with Gasteiger partial charge in [-0.3, -0.25) is 9.29 Å². The summed E-state index contributed by atoms with van der Waals surface area (Å²) in [5, 5.41) is 9.26. The largest absolute Gasteiger partial charge is 0.419 e. The van der Waals surface area contributed by atoms with Crippen LogP contribution in [0.1, 0.15) is 16.7 Å². The molecule has 0 unspecified atom stereocenters. The number of halogens is 1. The molecule has 0 spiro atoms. The molecule has 2 aromatic carbocycles. The van der Waals surface area contributed by atoms with Crippen LogP contribution in [0.25, 0.3) is 11.1 Å². The fraction of sp³-hybridized carbons (Fsp3) is 0.176. The van der Waals surface area contributed by atoms with Gasteiger partial charge in [0.05, 0.1) is 21.8 Å². The van der Waals surface area contributed by atoms with E-state index in [9.17, 15) is 18.5 Å². The third-order valence-corrected chi connectivity index (χ3v) is 5.80. The van der Waals surface area contributed by atoms with Gasteiger partial charge in [0.1, 0.15) is 11.0 Å². The van der Waals surface area contributed by atoms with Gasteiger partial charge >= 0.3 is 5.76 Å². The van der Waals surface area contributed by atoms with E-state index < -0.39 is 15.8 Å². The first-order valence-electron chi connectivity index (χ1n) is 7.47. The lowest BCUT2D eigenvalue weighted by atomic mass is 10.0. The van der Waals surface area contributed by atoms with E-state index in [-0.39, 0.29) is 26.8 Å². The number of hydrogen-bond donors (Lipinski definition) is 1. The lowest BCUT2D eigenvalue weighted by Gasteiger charge is -2.13. The first-order valence-corrected chi connectivity index (χ1v) is 9.33. The summed E-state index contributed by atoms with van der Waals surface area (Å²) in [6, 6.07) is 7.89. The van der Waals surface area contributed by atoms with Gasteiger partial charge in [0.2, 0.25) is 0 Å². The average molecular weight is 392 g/mol. The number of nitriles is 1. The van der Waals surface area contributed by atoms with Crippen molar-refractivity contribution in [2.75, 3.05) is 4.72 Å². The molecule has 0 fully saturated rings. The summed E-state index contributed by atoms with van der Waals surface area (Å²) >= 11 is 6.13. The summed E-state index contributed by atoms with van der Waals surface area (Å²) in [5.74, 6) is -0.625. The normalized spacial score (nSPS) is 11.5. The number of aryl methyl sites for hydroxylation is 3. The Hall–Kier alpha value is -2.76. The molecule has 0 aliphatic rings. The minimum atomic E-state index is -4.11. The Morgan fingerprint density at radius 1 is 1.23 bits per heavy atom. The Labute approximate surface area is 154 Å². The fourth-order valence-corrected chi connectivity index (χ4v) is 4.33. The summed E-state index contributed by atoms with van der Waals surface area (Å²) in [6.07, 6.45) is 0. The highest BCUT2D eigenvalue weighted by Gasteiger charge is 2.23. The van der Waals surface area contributed by atoms with Crippen LogP contribution >= 0.6 is 11.6 Å². The first-order chi connectivity index (χ1) is 12.1. The van der Waals surface area contributed by atoms with Gasteiger partial charge in [0.25, 0.3) is 10.0 Å². The highest BCUT2D eigenvalue weighted by atomic mass is 35.5. The van der Waals surface area contributed by atoms with Gasteiger partial charge in [-0.25, -0.2) is 13.2 Å². The van der Waals surface area contributed by atoms with E-state index in [4.69, 9.17) is 16.0 Å². The van der Waals surface area contributed by atoms with Crippen LogP contribution in [0.5, 0.6) is 0 Å². The van der Waals surface area contributed by atoms with Crippen LogP contribution in [0.15, 0.2) is 38.4 Å². The quantitative estimate of drug-likeness (QED) is 0.738. The third-order valence-electron chi connectivity index (χ3n) is 3.97. The van der Waals surface area contributed by atoms with Crippen molar-refractivity contribution in [1.29, 1.82) is 5.26 Å². The second kappa shape index (κ2) is 6.20. The van der Waals surface area contributed by atoms with Crippen molar-refractivity contribution >= 4 is 38.4 Å². The Bertz CT molecular complexity index is 1250. The van der Waals surface area contributed by atoms with Crippen molar-refractivity contribution < 1.29 is 12.8 Å². The highest BCUT2D eigenvalue weighted by Crippen LogP contribution is 2.30. The molecule has 0 aliphatic carbocycles. The van der Waals surface area contributed by atoms with E-state index in [0.29, 0.717) is 11.1 Å². The van der Waals surface area contributed by atoms with Crippen molar-refractivity contribution in [2.24, 2.45) is 7.05 Å². The van der Waals surface area contributed by atoms with Crippen LogP contribution in [0, 0.1) is 25.2 Å². The SMILES string of the molecule is Cc1cc(C)c(C#N)c(NS(=O)(=O)c2cc3oc(=O)n(C)c3cc2Cl)c1. The summed E-state index contributed by atoms with van der Waals surface area (Å²) < 4.78 is 34.3. The minimum absolute atomic E-state index is 0.0655. The van der Waals surface area contributed by atoms with Crippen molar-refractivity contribution in [3.05, 3.63) is 56.5 Å². The molecule has 1 aromatic heterocycles. The molecule has 0 radical (unpaired) electrons. The molecule has 0 saturated heterocycles. The molecule has 0 saturated carbocycles. The molecule has 1 heterocycles. The number of aromatic nitrogens is 1. The molecule has 0 bridgehead atoms. The minimum Gasteiger partial charge on any atom is -0.408 e. The van der Waals surface area contributed by atoms with E-state index >= 15 is 0 Å². The molecule has 7 nitrogen and oxygen atoms in total. The number of nitrogens with one attached hydrogen (secondary N) is 1. The van der Waals surface area contributed by atoms with Gasteiger partial charge in [-0.1, -0.05) is 17.7 Å². The van der Waals surface area contributed by atoms with Crippen molar-refractivity contribution in [2.45, 2.75) is 18.7 Å². The molecule has 0 atom stereocenters. The zero-order valence-electron chi connectivity index (χ0n) is 14.1. The third kappa shape index (κ3) is 2.96. The van der Waals surface area contributed by atoms with E-state index in [0.717, 1.165) is 5.56 Å². The van der Waals surface area contributed by atoms with Crippen LogP contribution in [0.3, 0.4) is 0 Å². The van der Waals surface area contributed by atoms with E-state index in [1.807, 2.05) is 6.07 Å².